The number of guanidine groups is 1. The number of nitrogens with zero attached hydrogens (tertiary/aromatic N) is 2. The molecule has 1 aromatic rings. The maximum absolute atomic E-state index is 12.0. The monoisotopic (exact) mass is 513 g/mol. The van der Waals surface area contributed by atoms with Crippen LogP contribution >= 0.6 is 24.0 Å². The summed E-state index contributed by atoms with van der Waals surface area (Å²) in [6, 6.07) is 8.05. The maximum Gasteiger partial charge on any atom is 0.225 e. The number of benzene rings is 1. The number of hydrogen-bond acceptors (Lipinski definition) is 3. The summed E-state index contributed by atoms with van der Waals surface area (Å²) in [5.74, 6) is 1.97. The minimum atomic E-state index is 0. The Morgan fingerprint density at radius 3 is 2.72 bits per heavy atom. The predicted octanol–water partition coefficient (Wildman–Crippen LogP) is 3.41. The van der Waals surface area contributed by atoms with E-state index < -0.39 is 0 Å². The number of anilines is 1. The number of amides is 1. The zero-order chi connectivity index (χ0) is 19.8. The van der Waals surface area contributed by atoms with Crippen LogP contribution in [-0.4, -0.2) is 56.5 Å². The van der Waals surface area contributed by atoms with Crippen molar-refractivity contribution in [3.63, 3.8) is 0 Å². The molecule has 0 saturated carbocycles. The molecule has 1 amide bonds. The molecule has 2 aliphatic heterocycles. The zero-order valence-electron chi connectivity index (χ0n) is 17.7. The molecular formula is C22H36IN5O. The molecule has 2 heterocycles. The molecular weight excluding hydrogens is 477 g/mol. The van der Waals surface area contributed by atoms with E-state index in [9.17, 15) is 4.79 Å². The molecule has 0 radical (unpaired) electrons. The fourth-order valence-electron chi connectivity index (χ4n) is 4.08. The van der Waals surface area contributed by atoms with Crippen molar-refractivity contribution in [3.8, 4) is 0 Å². The van der Waals surface area contributed by atoms with Gasteiger partial charge in [-0.2, -0.15) is 0 Å². The van der Waals surface area contributed by atoms with Gasteiger partial charge in [0, 0.05) is 38.2 Å². The van der Waals surface area contributed by atoms with Crippen molar-refractivity contribution in [1.29, 1.82) is 0 Å². The summed E-state index contributed by atoms with van der Waals surface area (Å²) < 4.78 is 0. The van der Waals surface area contributed by atoms with Crippen molar-refractivity contribution < 1.29 is 4.79 Å². The number of rotatable bonds is 7. The molecule has 1 unspecified atom stereocenters. The Kier molecular flexibility index (Phi) is 10.2. The molecule has 162 valence electrons. The second-order valence-electron chi connectivity index (χ2n) is 8.15. The summed E-state index contributed by atoms with van der Waals surface area (Å²) in [7, 11) is 1.80. The average molecular weight is 513 g/mol. The van der Waals surface area contributed by atoms with Crippen LogP contribution in [0.3, 0.4) is 0 Å². The Hall–Kier alpha value is -1.35. The van der Waals surface area contributed by atoms with Crippen molar-refractivity contribution in [2.45, 2.75) is 44.9 Å². The lowest BCUT2D eigenvalue weighted by Crippen LogP contribution is -2.41. The van der Waals surface area contributed by atoms with Crippen LogP contribution < -0.4 is 16.0 Å². The number of piperidine rings is 1. The van der Waals surface area contributed by atoms with Gasteiger partial charge in [0.1, 0.15) is 0 Å². The van der Waals surface area contributed by atoms with Gasteiger partial charge >= 0.3 is 0 Å². The topological polar surface area (TPSA) is 68.8 Å². The van der Waals surface area contributed by atoms with Crippen molar-refractivity contribution in [1.82, 2.24) is 15.5 Å². The molecule has 1 fully saturated rings. The molecule has 2 aliphatic rings. The van der Waals surface area contributed by atoms with E-state index in [1.165, 1.54) is 44.5 Å². The summed E-state index contributed by atoms with van der Waals surface area (Å²) >= 11 is 0. The minimum absolute atomic E-state index is 0. The van der Waals surface area contributed by atoms with Crippen LogP contribution in [0.2, 0.25) is 0 Å². The number of carbonyl (C=O) groups excluding carboxylic acids is 1. The molecule has 0 bridgehead atoms. The summed E-state index contributed by atoms with van der Waals surface area (Å²) in [4.78, 5) is 18.9. The van der Waals surface area contributed by atoms with E-state index in [2.05, 4.69) is 38.8 Å². The molecule has 0 aromatic heterocycles. The molecule has 1 aromatic carbocycles. The highest BCUT2D eigenvalue weighted by atomic mass is 127. The summed E-state index contributed by atoms with van der Waals surface area (Å²) in [5, 5.41) is 9.76. The van der Waals surface area contributed by atoms with Crippen LogP contribution in [0.15, 0.2) is 29.3 Å². The molecule has 6 nitrogen and oxygen atoms in total. The first-order valence-corrected chi connectivity index (χ1v) is 10.7. The quantitative estimate of drug-likeness (QED) is 0.226. The van der Waals surface area contributed by atoms with Crippen molar-refractivity contribution >= 4 is 41.5 Å². The lowest BCUT2D eigenvalue weighted by molar-refractivity contribution is -0.116. The molecule has 1 atom stereocenters. The second kappa shape index (κ2) is 12.4. The van der Waals surface area contributed by atoms with E-state index in [-0.39, 0.29) is 35.8 Å². The predicted molar refractivity (Wildman–Crippen MR) is 131 cm³/mol. The van der Waals surface area contributed by atoms with Gasteiger partial charge in [0.2, 0.25) is 5.91 Å². The van der Waals surface area contributed by atoms with Crippen LogP contribution in [-0.2, 0) is 4.79 Å². The Bertz CT molecular complexity index is 673. The van der Waals surface area contributed by atoms with E-state index in [0.717, 1.165) is 30.5 Å². The van der Waals surface area contributed by atoms with Crippen molar-refractivity contribution in [3.05, 3.63) is 29.8 Å². The summed E-state index contributed by atoms with van der Waals surface area (Å²) in [5.41, 5.74) is 2.13. The molecule has 3 rings (SSSR count). The van der Waals surface area contributed by atoms with Gasteiger partial charge in [0.25, 0.3) is 0 Å². The van der Waals surface area contributed by atoms with E-state index in [1.807, 2.05) is 18.2 Å². The van der Waals surface area contributed by atoms with E-state index in [0.29, 0.717) is 13.0 Å². The van der Waals surface area contributed by atoms with Crippen LogP contribution in [0.25, 0.3) is 0 Å². The number of unbranched alkanes of at least 4 members (excludes halogenated alkanes) is 1. The number of carbonyl (C=O) groups is 1. The van der Waals surface area contributed by atoms with Crippen LogP contribution in [0.4, 0.5) is 5.69 Å². The highest BCUT2D eigenvalue weighted by Gasteiger charge is 2.24. The Morgan fingerprint density at radius 1 is 1.21 bits per heavy atom. The fraction of sp³-hybridized carbons (Fsp3) is 0.636. The normalized spacial score (nSPS) is 20.4. The SMILES string of the molecule is CN=C(NCCCCN1CCC(C)CC1)NCC1CC(=O)Nc2ccccc21.I. The average Bonchev–Trinajstić information content (AvgIpc) is 2.71. The smallest absolute Gasteiger partial charge is 0.225 e. The summed E-state index contributed by atoms with van der Waals surface area (Å²) in [6.45, 7) is 7.71. The van der Waals surface area contributed by atoms with E-state index in [4.69, 9.17) is 0 Å². The van der Waals surface area contributed by atoms with Gasteiger partial charge in [-0.1, -0.05) is 25.1 Å². The van der Waals surface area contributed by atoms with Crippen LogP contribution in [0.1, 0.15) is 50.5 Å². The van der Waals surface area contributed by atoms with E-state index >= 15 is 0 Å². The number of hydrogen-bond donors (Lipinski definition) is 3. The van der Waals surface area contributed by atoms with Crippen molar-refractivity contribution in [2.75, 3.05) is 45.1 Å². The second-order valence-corrected chi connectivity index (χ2v) is 8.15. The third-order valence-corrected chi connectivity index (χ3v) is 5.92. The maximum atomic E-state index is 12.0. The highest BCUT2D eigenvalue weighted by molar-refractivity contribution is 14.0. The number of para-hydroxylation sites is 1. The lowest BCUT2D eigenvalue weighted by Gasteiger charge is -2.30. The van der Waals surface area contributed by atoms with Gasteiger partial charge in [-0.15, -0.1) is 24.0 Å². The molecule has 3 N–H and O–H groups in total. The molecule has 7 heteroatoms. The Balaban J connectivity index is 0.00000300. The van der Waals surface area contributed by atoms with Crippen LogP contribution in [0, 0.1) is 5.92 Å². The Labute approximate surface area is 192 Å². The number of aliphatic imine (C=N–C) groups is 1. The fourth-order valence-corrected chi connectivity index (χ4v) is 4.08. The number of fused-ring (bicyclic) bond motifs is 1. The van der Waals surface area contributed by atoms with E-state index in [1.54, 1.807) is 7.05 Å². The number of halogens is 1. The zero-order valence-corrected chi connectivity index (χ0v) is 20.1. The lowest BCUT2D eigenvalue weighted by atomic mass is 9.90. The molecule has 0 aliphatic carbocycles. The van der Waals surface area contributed by atoms with Gasteiger partial charge in [-0.3, -0.25) is 9.79 Å². The van der Waals surface area contributed by atoms with Gasteiger partial charge in [-0.25, -0.2) is 0 Å². The largest absolute Gasteiger partial charge is 0.356 e. The van der Waals surface area contributed by atoms with Gasteiger partial charge in [0.05, 0.1) is 0 Å². The molecule has 0 spiro atoms. The van der Waals surface area contributed by atoms with Crippen molar-refractivity contribution in [2.24, 2.45) is 10.9 Å². The first-order valence-electron chi connectivity index (χ1n) is 10.7. The Morgan fingerprint density at radius 2 is 1.97 bits per heavy atom. The third-order valence-electron chi connectivity index (χ3n) is 5.92. The minimum Gasteiger partial charge on any atom is -0.356 e. The highest BCUT2D eigenvalue weighted by Crippen LogP contribution is 2.31. The molecule has 1 saturated heterocycles. The molecule has 29 heavy (non-hydrogen) atoms. The number of likely N-dealkylation sites (tertiary alicyclic amines) is 1. The van der Waals surface area contributed by atoms with Gasteiger partial charge in [-0.05, 0) is 62.9 Å². The van der Waals surface area contributed by atoms with Crippen LogP contribution in [0.5, 0.6) is 0 Å². The first-order chi connectivity index (χ1) is 13.7. The number of nitrogens with one attached hydrogen (secondary N) is 3. The van der Waals surface area contributed by atoms with Gasteiger partial charge < -0.3 is 20.9 Å². The standard InChI is InChI=1S/C22H35N5O.HI/c1-17-9-13-27(14-10-17)12-6-5-11-24-22(23-2)25-16-18-15-21(28)26-20-8-4-3-7-19(18)20;/h3-4,7-8,17-18H,5-6,9-16H2,1-2H3,(H,26,28)(H2,23,24,25);1H. The summed E-state index contributed by atoms with van der Waals surface area (Å²) in [6.07, 6.45) is 5.56. The first kappa shape index (κ1) is 23.9. The van der Waals surface area contributed by atoms with Gasteiger partial charge in [0.15, 0.2) is 5.96 Å². The third kappa shape index (κ3) is 7.44.